The second-order valence-electron chi connectivity index (χ2n) is 1.99. The van der Waals surface area contributed by atoms with Crippen molar-refractivity contribution in [3.63, 3.8) is 0 Å². The first-order valence-electron chi connectivity index (χ1n) is 2.92. The van der Waals surface area contributed by atoms with E-state index in [1.54, 1.807) is 0 Å². The molecule has 0 aromatic heterocycles. The number of hydrogen-bond acceptors (Lipinski definition) is 1. The van der Waals surface area contributed by atoms with Crippen LogP contribution in [0.2, 0.25) is 0 Å². The van der Waals surface area contributed by atoms with Crippen LogP contribution < -0.4 is 0 Å². The van der Waals surface area contributed by atoms with Crippen LogP contribution in [0.1, 0.15) is 13.3 Å². The Morgan fingerprint density at radius 3 is 2.75 bits per heavy atom. The minimum absolute atomic E-state index is 0.697. The first-order valence-corrected chi connectivity index (χ1v) is 4.32. The summed E-state index contributed by atoms with van der Waals surface area (Å²) >= 11 is 1.90. The molecule has 0 aliphatic carbocycles. The van der Waals surface area contributed by atoms with E-state index in [1.165, 1.54) is 12.2 Å². The van der Waals surface area contributed by atoms with Gasteiger partial charge in [-0.15, -0.1) is 6.58 Å². The van der Waals surface area contributed by atoms with Crippen molar-refractivity contribution < 1.29 is 0 Å². The van der Waals surface area contributed by atoms with Gasteiger partial charge < -0.3 is 0 Å². The van der Waals surface area contributed by atoms with Crippen LogP contribution in [0.3, 0.4) is 0 Å². The van der Waals surface area contributed by atoms with Gasteiger partial charge in [0.25, 0.3) is 0 Å². The van der Waals surface area contributed by atoms with E-state index in [1.807, 2.05) is 17.8 Å². The normalized spacial score (nSPS) is 13.2. The summed E-state index contributed by atoms with van der Waals surface area (Å²) in [6.07, 6.45) is 5.41. The van der Waals surface area contributed by atoms with Crippen LogP contribution in [-0.2, 0) is 0 Å². The summed E-state index contributed by atoms with van der Waals surface area (Å²) in [6.45, 7) is 5.90. The Labute approximate surface area is 56.4 Å². The molecule has 0 saturated carbocycles. The van der Waals surface area contributed by atoms with Gasteiger partial charge in [-0.1, -0.05) is 13.0 Å². The smallest absolute Gasteiger partial charge is 0.00648 e. The van der Waals surface area contributed by atoms with E-state index in [0.717, 1.165) is 0 Å². The molecule has 0 bridgehead atoms. The van der Waals surface area contributed by atoms with Crippen molar-refractivity contribution in [2.45, 2.75) is 13.3 Å². The highest BCUT2D eigenvalue weighted by Gasteiger charge is 1.91. The fraction of sp³-hybridized carbons (Fsp3) is 0.714. The maximum atomic E-state index is 3.70. The van der Waals surface area contributed by atoms with E-state index in [-0.39, 0.29) is 0 Å². The molecule has 48 valence electrons. The molecule has 0 rings (SSSR count). The zero-order valence-corrected chi connectivity index (χ0v) is 6.50. The van der Waals surface area contributed by atoms with Gasteiger partial charge in [-0.3, -0.25) is 0 Å². The van der Waals surface area contributed by atoms with Crippen LogP contribution in [0.25, 0.3) is 0 Å². The SMILES string of the molecule is C=CC(C)CCSC. The fourth-order valence-corrected chi connectivity index (χ4v) is 1.03. The Morgan fingerprint density at radius 2 is 2.38 bits per heavy atom. The van der Waals surface area contributed by atoms with E-state index in [2.05, 4.69) is 19.8 Å². The first-order chi connectivity index (χ1) is 3.81. The average molecular weight is 130 g/mol. The van der Waals surface area contributed by atoms with Gasteiger partial charge in [-0.2, -0.15) is 11.8 Å². The quantitative estimate of drug-likeness (QED) is 0.527. The first kappa shape index (κ1) is 8.09. The molecule has 0 saturated heterocycles. The van der Waals surface area contributed by atoms with Crippen LogP contribution in [0.5, 0.6) is 0 Å². The van der Waals surface area contributed by atoms with Crippen molar-refractivity contribution in [3.8, 4) is 0 Å². The highest BCUT2D eigenvalue weighted by Crippen LogP contribution is 2.06. The molecule has 0 spiro atoms. The van der Waals surface area contributed by atoms with Gasteiger partial charge in [0.05, 0.1) is 0 Å². The minimum atomic E-state index is 0.697. The van der Waals surface area contributed by atoms with Gasteiger partial charge in [-0.05, 0) is 24.3 Å². The third kappa shape index (κ3) is 4.25. The van der Waals surface area contributed by atoms with E-state index in [0.29, 0.717) is 5.92 Å². The number of allylic oxidation sites excluding steroid dienone is 1. The van der Waals surface area contributed by atoms with Gasteiger partial charge in [0, 0.05) is 0 Å². The highest BCUT2D eigenvalue weighted by atomic mass is 32.2. The van der Waals surface area contributed by atoms with Crippen molar-refractivity contribution in [1.29, 1.82) is 0 Å². The van der Waals surface area contributed by atoms with E-state index in [9.17, 15) is 0 Å². The van der Waals surface area contributed by atoms with Gasteiger partial charge in [0.15, 0.2) is 0 Å². The summed E-state index contributed by atoms with van der Waals surface area (Å²) in [5.41, 5.74) is 0. The summed E-state index contributed by atoms with van der Waals surface area (Å²) in [4.78, 5) is 0. The Hall–Kier alpha value is 0.0900. The van der Waals surface area contributed by atoms with Crippen molar-refractivity contribution in [2.75, 3.05) is 12.0 Å². The lowest BCUT2D eigenvalue weighted by Crippen LogP contribution is -1.89. The van der Waals surface area contributed by atoms with Crippen molar-refractivity contribution in [2.24, 2.45) is 5.92 Å². The van der Waals surface area contributed by atoms with Crippen molar-refractivity contribution >= 4 is 11.8 Å². The molecule has 1 unspecified atom stereocenters. The molecule has 0 nitrogen and oxygen atoms in total. The van der Waals surface area contributed by atoms with Crippen molar-refractivity contribution in [1.82, 2.24) is 0 Å². The number of hydrogen-bond donors (Lipinski definition) is 0. The predicted octanol–water partition coefficient (Wildman–Crippen LogP) is 2.56. The standard InChI is InChI=1S/C7H14S/c1-4-7(2)5-6-8-3/h4,7H,1,5-6H2,2-3H3. The number of rotatable bonds is 4. The summed E-state index contributed by atoms with van der Waals surface area (Å²) in [5.74, 6) is 1.95. The Bertz CT molecular complexity index is 59.4. The molecule has 0 aliphatic rings. The Balaban J connectivity index is 2.98. The largest absolute Gasteiger partial charge is 0.165 e. The fourth-order valence-electron chi connectivity index (χ4n) is 0.422. The van der Waals surface area contributed by atoms with Gasteiger partial charge >= 0.3 is 0 Å². The minimum Gasteiger partial charge on any atom is -0.165 e. The predicted molar refractivity (Wildman–Crippen MR) is 42.4 cm³/mol. The van der Waals surface area contributed by atoms with Gasteiger partial charge in [0.1, 0.15) is 0 Å². The van der Waals surface area contributed by atoms with Crippen LogP contribution in [0.4, 0.5) is 0 Å². The van der Waals surface area contributed by atoms with Crippen LogP contribution in [0, 0.1) is 5.92 Å². The zero-order valence-electron chi connectivity index (χ0n) is 5.68. The maximum absolute atomic E-state index is 3.70. The lowest BCUT2D eigenvalue weighted by Gasteiger charge is -2.00. The molecule has 0 aromatic carbocycles. The molecule has 1 heteroatoms. The van der Waals surface area contributed by atoms with E-state index >= 15 is 0 Å². The van der Waals surface area contributed by atoms with Crippen LogP contribution in [-0.4, -0.2) is 12.0 Å². The summed E-state index contributed by atoms with van der Waals surface area (Å²) in [6, 6.07) is 0. The van der Waals surface area contributed by atoms with Crippen LogP contribution >= 0.6 is 11.8 Å². The third-order valence-corrected chi connectivity index (χ3v) is 1.82. The topological polar surface area (TPSA) is 0 Å². The highest BCUT2D eigenvalue weighted by molar-refractivity contribution is 7.98. The van der Waals surface area contributed by atoms with E-state index < -0.39 is 0 Å². The monoisotopic (exact) mass is 130 g/mol. The molecule has 0 aromatic rings. The zero-order chi connectivity index (χ0) is 6.41. The average Bonchev–Trinajstić information content (AvgIpc) is 1.83. The molecule has 0 radical (unpaired) electrons. The third-order valence-electron chi connectivity index (χ3n) is 1.18. The van der Waals surface area contributed by atoms with Gasteiger partial charge in [-0.25, -0.2) is 0 Å². The van der Waals surface area contributed by atoms with E-state index in [4.69, 9.17) is 0 Å². The molecule has 1 atom stereocenters. The second kappa shape index (κ2) is 5.23. The molecule has 0 fully saturated rings. The van der Waals surface area contributed by atoms with Crippen molar-refractivity contribution in [3.05, 3.63) is 12.7 Å². The molecule has 0 N–H and O–H groups in total. The molecular weight excluding hydrogens is 116 g/mol. The lowest BCUT2D eigenvalue weighted by molar-refractivity contribution is 0.708. The summed E-state index contributed by atoms with van der Waals surface area (Å²) in [7, 11) is 0. The lowest BCUT2D eigenvalue weighted by atomic mass is 10.1. The maximum Gasteiger partial charge on any atom is -0.00648 e. The molecule has 0 amide bonds. The summed E-state index contributed by atoms with van der Waals surface area (Å²) in [5, 5.41) is 0. The molecule has 8 heavy (non-hydrogen) atoms. The Morgan fingerprint density at radius 1 is 1.75 bits per heavy atom. The van der Waals surface area contributed by atoms with Crippen LogP contribution in [0.15, 0.2) is 12.7 Å². The second-order valence-corrected chi connectivity index (χ2v) is 2.98. The van der Waals surface area contributed by atoms with Gasteiger partial charge in [0.2, 0.25) is 0 Å². The molecule has 0 heterocycles. The Kier molecular flexibility index (Phi) is 5.29. The summed E-state index contributed by atoms with van der Waals surface area (Å²) < 4.78 is 0. The number of thioether (sulfide) groups is 1. The molecular formula is C7H14S. The molecule has 0 aliphatic heterocycles.